The van der Waals surface area contributed by atoms with Gasteiger partial charge in [0.1, 0.15) is 17.9 Å². The van der Waals surface area contributed by atoms with Gasteiger partial charge in [-0.05, 0) is 23.3 Å². The molecule has 0 amide bonds. The van der Waals surface area contributed by atoms with Crippen molar-refractivity contribution in [3.63, 3.8) is 0 Å². The molecule has 5 nitrogen and oxygen atoms in total. The summed E-state index contributed by atoms with van der Waals surface area (Å²) in [5.74, 6) is -0.787. The number of ether oxygens (including phenoxy) is 1. The number of carboxylic acid groups (broad SMARTS) is 1. The van der Waals surface area contributed by atoms with Crippen LogP contribution >= 0.6 is 24.8 Å². The Bertz CT molecular complexity index is 830. The minimum Gasteiger partial charge on any atom is -0.488 e. The third kappa shape index (κ3) is 8.57. The molecule has 1 aliphatic rings. The minimum absolute atomic E-state index is 0. The first kappa shape index (κ1) is 27.0. The van der Waals surface area contributed by atoms with Crippen molar-refractivity contribution in [1.82, 2.24) is 9.80 Å². The predicted octanol–water partition coefficient (Wildman–Crippen LogP) is 4.49. The summed E-state index contributed by atoms with van der Waals surface area (Å²) < 4.78 is 43.2. The molecule has 0 spiro atoms. The van der Waals surface area contributed by atoms with Crippen molar-refractivity contribution in [3.8, 4) is 5.75 Å². The molecule has 10 heteroatoms. The van der Waals surface area contributed by atoms with E-state index < -0.39 is 18.7 Å². The number of nitrogens with zero attached hydrogens (tertiary/aromatic N) is 2. The van der Waals surface area contributed by atoms with Crippen LogP contribution in [0.4, 0.5) is 13.2 Å². The molecule has 0 aromatic heterocycles. The van der Waals surface area contributed by atoms with Crippen molar-refractivity contribution in [2.75, 3.05) is 32.7 Å². The maximum absolute atomic E-state index is 12.5. The van der Waals surface area contributed by atoms with Gasteiger partial charge in [-0.25, -0.2) is 4.79 Å². The molecule has 0 aliphatic carbocycles. The van der Waals surface area contributed by atoms with Crippen LogP contribution in [0.25, 0.3) is 0 Å². The van der Waals surface area contributed by atoms with E-state index in [0.29, 0.717) is 38.5 Å². The normalized spacial score (nSPS) is 14.9. The number of benzene rings is 2. The molecular weight excluding hydrogens is 456 g/mol. The number of hydrogen-bond acceptors (Lipinski definition) is 4. The van der Waals surface area contributed by atoms with Crippen LogP contribution in [0.2, 0.25) is 0 Å². The van der Waals surface area contributed by atoms with E-state index in [0.717, 1.165) is 11.1 Å². The Morgan fingerprint density at radius 3 is 2.13 bits per heavy atom. The molecule has 172 valence electrons. The first-order valence-electron chi connectivity index (χ1n) is 9.34. The smallest absolute Gasteiger partial charge is 0.401 e. The number of alkyl halides is 3. The summed E-state index contributed by atoms with van der Waals surface area (Å²) in [5.41, 5.74) is 1.80. The lowest BCUT2D eigenvalue weighted by molar-refractivity contribution is -0.149. The van der Waals surface area contributed by atoms with Crippen LogP contribution in [0, 0.1) is 0 Å². The SMILES string of the molecule is Cl.Cl.O=C(O)c1cc(CN2CCN(CC(F)(F)F)CC2)ccc1OCc1ccccc1. The predicted molar refractivity (Wildman–Crippen MR) is 116 cm³/mol. The van der Waals surface area contributed by atoms with Crippen LogP contribution in [0.5, 0.6) is 5.75 Å². The number of rotatable bonds is 7. The molecule has 3 rings (SSSR count). The average molecular weight is 481 g/mol. The highest BCUT2D eigenvalue weighted by molar-refractivity contribution is 5.91. The lowest BCUT2D eigenvalue weighted by Gasteiger charge is -2.35. The third-order valence-electron chi connectivity index (χ3n) is 4.79. The van der Waals surface area contributed by atoms with Gasteiger partial charge in [0.05, 0.1) is 6.54 Å². The molecule has 1 heterocycles. The average Bonchev–Trinajstić information content (AvgIpc) is 2.68. The molecular formula is C21H25Cl2F3N2O3. The number of aromatic carboxylic acids is 1. The monoisotopic (exact) mass is 480 g/mol. The van der Waals surface area contributed by atoms with Crippen molar-refractivity contribution < 1.29 is 27.8 Å². The highest BCUT2D eigenvalue weighted by Crippen LogP contribution is 2.23. The summed E-state index contributed by atoms with van der Waals surface area (Å²) in [5, 5.41) is 9.53. The molecule has 0 saturated carbocycles. The van der Waals surface area contributed by atoms with Gasteiger partial charge in [0.2, 0.25) is 0 Å². The number of carbonyl (C=O) groups is 1. The fourth-order valence-electron chi connectivity index (χ4n) is 3.32. The molecule has 1 N–H and O–H groups in total. The van der Waals surface area contributed by atoms with Gasteiger partial charge in [-0.15, -0.1) is 24.8 Å². The first-order chi connectivity index (χ1) is 13.8. The second kappa shape index (κ2) is 12.1. The van der Waals surface area contributed by atoms with E-state index >= 15 is 0 Å². The Kier molecular flexibility index (Phi) is 10.6. The maximum atomic E-state index is 12.5. The summed E-state index contributed by atoms with van der Waals surface area (Å²) in [7, 11) is 0. The molecule has 31 heavy (non-hydrogen) atoms. The van der Waals surface area contributed by atoms with Crippen molar-refractivity contribution in [1.29, 1.82) is 0 Å². The van der Waals surface area contributed by atoms with E-state index in [2.05, 4.69) is 0 Å². The minimum atomic E-state index is -4.19. The van der Waals surface area contributed by atoms with Crippen molar-refractivity contribution in [2.45, 2.75) is 19.3 Å². The van der Waals surface area contributed by atoms with E-state index in [9.17, 15) is 23.1 Å². The topological polar surface area (TPSA) is 53.0 Å². The van der Waals surface area contributed by atoms with E-state index in [1.807, 2.05) is 35.2 Å². The second-order valence-electron chi connectivity index (χ2n) is 7.08. The highest BCUT2D eigenvalue weighted by atomic mass is 35.5. The van der Waals surface area contributed by atoms with Crippen LogP contribution in [0.1, 0.15) is 21.5 Å². The Morgan fingerprint density at radius 2 is 1.55 bits per heavy atom. The lowest BCUT2D eigenvalue weighted by Crippen LogP contribution is -2.48. The molecule has 2 aromatic rings. The molecule has 1 aliphatic heterocycles. The van der Waals surface area contributed by atoms with Gasteiger partial charge in [0.25, 0.3) is 0 Å². The zero-order valence-corrected chi connectivity index (χ0v) is 18.3. The van der Waals surface area contributed by atoms with E-state index in [1.165, 1.54) is 4.90 Å². The largest absolute Gasteiger partial charge is 0.488 e. The molecule has 0 radical (unpaired) electrons. The van der Waals surface area contributed by atoms with Gasteiger partial charge in [-0.1, -0.05) is 36.4 Å². The highest BCUT2D eigenvalue weighted by Gasteiger charge is 2.32. The van der Waals surface area contributed by atoms with Gasteiger partial charge in [0.15, 0.2) is 0 Å². The summed E-state index contributed by atoms with van der Waals surface area (Å²) in [6.07, 6.45) is -4.19. The van der Waals surface area contributed by atoms with Crippen LogP contribution in [-0.2, 0) is 13.2 Å². The molecule has 2 aromatic carbocycles. The van der Waals surface area contributed by atoms with Crippen LogP contribution < -0.4 is 4.74 Å². The molecule has 1 fully saturated rings. The summed E-state index contributed by atoms with van der Waals surface area (Å²) in [6.45, 7) is 1.54. The molecule has 0 unspecified atom stereocenters. The van der Waals surface area contributed by atoms with Crippen molar-refractivity contribution in [2.24, 2.45) is 0 Å². The summed E-state index contributed by atoms with van der Waals surface area (Å²) in [4.78, 5) is 15.1. The van der Waals surface area contributed by atoms with Crippen LogP contribution in [0.3, 0.4) is 0 Å². The Hall–Kier alpha value is -2.00. The maximum Gasteiger partial charge on any atom is 0.401 e. The number of piperazine rings is 1. The molecule has 0 bridgehead atoms. The molecule has 1 saturated heterocycles. The van der Waals surface area contributed by atoms with E-state index in [1.54, 1.807) is 18.2 Å². The van der Waals surface area contributed by atoms with Crippen LogP contribution in [0.15, 0.2) is 48.5 Å². The van der Waals surface area contributed by atoms with Crippen molar-refractivity contribution in [3.05, 3.63) is 65.2 Å². The fourth-order valence-corrected chi connectivity index (χ4v) is 3.32. The zero-order chi connectivity index (χ0) is 20.9. The Morgan fingerprint density at radius 1 is 0.935 bits per heavy atom. The molecule has 0 atom stereocenters. The third-order valence-corrected chi connectivity index (χ3v) is 4.79. The van der Waals surface area contributed by atoms with E-state index in [4.69, 9.17) is 4.74 Å². The summed E-state index contributed by atoms with van der Waals surface area (Å²) in [6, 6.07) is 14.5. The van der Waals surface area contributed by atoms with Gasteiger partial charge < -0.3 is 9.84 Å². The Balaban J connectivity index is 0.00000240. The zero-order valence-electron chi connectivity index (χ0n) is 16.7. The van der Waals surface area contributed by atoms with E-state index in [-0.39, 0.29) is 37.0 Å². The first-order valence-corrected chi connectivity index (χ1v) is 9.34. The number of halogens is 5. The quantitative estimate of drug-likeness (QED) is 0.632. The second-order valence-corrected chi connectivity index (χ2v) is 7.08. The number of carboxylic acids is 1. The van der Waals surface area contributed by atoms with Gasteiger partial charge >= 0.3 is 12.1 Å². The fraction of sp³-hybridized carbons (Fsp3) is 0.381. The number of hydrogen-bond donors (Lipinski definition) is 1. The van der Waals surface area contributed by atoms with Gasteiger partial charge in [-0.3, -0.25) is 9.80 Å². The van der Waals surface area contributed by atoms with Crippen molar-refractivity contribution >= 4 is 30.8 Å². The standard InChI is InChI=1S/C21H23F3N2O3.2ClH/c22-21(23,24)15-26-10-8-25(9-11-26)13-17-6-7-19(18(12-17)20(27)28)29-14-16-4-2-1-3-5-16;;/h1-7,12H,8-11,13-15H2,(H,27,28);2*1H. The lowest BCUT2D eigenvalue weighted by atomic mass is 10.1. The van der Waals surface area contributed by atoms with Gasteiger partial charge in [0, 0.05) is 32.7 Å². The Labute approximate surface area is 191 Å². The van der Waals surface area contributed by atoms with Gasteiger partial charge in [-0.2, -0.15) is 13.2 Å². The summed E-state index contributed by atoms with van der Waals surface area (Å²) >= 11 is 0. The van der Waals surface area contributed by atoms with Crippen LogP contribution in [-0.4, -0.2) is 59.8 Å².